The van der Waals surface area contributed by atoms with E-state index in [4.69, 9.17) is 33.9 Å². The van der Waals surface area contributed by atoms with Gasteiger partial charge in [-0.1, -0.05) is 29.3 Å². The van der Waals surface area contributed by atoms with Gasteiger partial charge in [-0.25, -0.2) is 0 Å². The third kappa shape index (κ3) is 2.49. The van der Waals surface area contributed by atoms with E-state index in [-0.39, 0.29) is 17.6 Å². The first kappa shape index (κ1) is 19.2. The van der Waals surface area contributed by atoms with Crippen molar-refractivity contribution < 1.29 is 0 Å². The number of anilines is 1. The second-order valence-corrected chi connectivity index (χ2v) is 9.28. The summed E-state index contributed by atoms with van der Waals surface area (Å²) in [6.07, 6.45) is 4.85. The molecule has 0 saturated carbocycles. The maximum atomic E-state index is 13.5. The SMILES string of the molecule is Cn1nc2ccc(-c3c[nH]c4nc(N5[C@H]6CC[C@@H]5[C@H](N)C6)n(C)c(=O)c34)c(Cl)c2c1Cl. The zero-order valence-electron chi connectivity index (χ0n) is 17.1. The molecular formula is C21H21Cl2N7O. The fourth-order valence-corrected chi connectivity index (χ4v) is 5.99. The average Bonchev–Trinajstić information content (AvgIpc) is 3.48. The molecule has 10 heteroatoms. The number of fused-ring (bicyclic) bond motifs is 4. The summed E-state index contributed by atoms with van der Waals surface area (Å²) in [5.41, 5.74) is 8.84. The Balaban J connectivity index is 1.55. The van der Waals surface area contributed by atoms with Crippen molar-refractivity contribution >= 4 is 51.1 Å². The number of aromatic nitrogens is 5. The van der Waals surface area contributed by atoms with Crippen LogP contribution in [0.5, 0.6) is 0 Å². The largest absolute Gasteiger partial charge is 0.345 e. The molecule has 3 aromatic heterocycles. The number of aryl methyl sites for hydroxylation is 1. The van der Waals surface area contributed by atoms with Crippen LogP contribution in [0.15, 0.2) is 23.1 Å². The van der Waals surface area contributed by atoms with Gasteiger partial charge >= 0.3 is 0 Å². The molecule has 2 fully saturated rings. The molecule has 2 aliphatic rings. The fourth-order valence-electron chi connectivity index (χ4n) is 5.36. The Hall–Kier alpha value is -2.55. The van der Waals surface area contributed by atoms with Crippen LogP contribution in [0.1, 0.15) is 19.3 Å². The minimum atomic E-state index is -0.121. The van der Waals surface area contributed by atoms with Crippen molar-refractivity contribution in [2.24, 2.45) is 19.8 Å². The van der Waals surface area contributed by atoms with Crippen LogP contribution in [-0.4, -0.2) is 42.4 Å². The second-order valence-electron chi connectivity index (χ2n) is 8.54. The molecule has 0 radical (unpaired) electrons. The van der Waals surface area contributed by atoms with E-state index in [0.29, 0.717) is 55.2 Å². The highest BCUT2D eigenvalue weighted by Crippen LogP contribution is 2.41. The van der Waals surface area contributed by atoms with Gasteiger partial charge in [0.25, 0.3) is 5.56 Å². The highest BCUT2D eigenvalue weighted by atomic mass is 35.5. The van der Waals surface area contributed by atoms with Gasteiger partial charge in [0.15, 0.2) is 0 Å². The summed E-state index contributed by atoms with van der Waals surface area (Å²) in [6, 6.07) is 4.43. The van der Waals surface area contributed by atoms with E-state index >= 15 is 0 Å². The number of rotatable bonds is 2. The number of H-pyrrole nitrogens is 1. The van der Waals surface area contributed by atoms with Crippen molar-refractivity contribution in [3.63, 3.8) is 0 Å². The summed E-state index contributed by atoms with van der Waals surface area (Å²) < 4.78 is 3.21. The highest BCUT2D eigenvalue weighted by molar-refractivity contribution is 6.43. The van der Waals surface area contributed by atoms with Crippen molar-refractivity contribution in [1.82, 2.24) is 24.3 Å². The fraction of sp³-hybridized carbons (Fsp3) is 0.381. The first-order chi connectivity index (χ1) is 14.9. The Morgan fingerprint density at radius 1 is 1.16 bits per heavy atom. The van der Waals surface area contributed by atoms with Crippen LogP contribution in [0.2, 0.25) is 10.2 Å². The first-order valence-corrected chi connectivity index (χ1v) is 11.1. The number of nitrogens with one attached hydrogen (secondary N) is 1. The van der Waals surface area contributed by atoms with Crippen LogP contribution in [0.25, 0.3) is 33.1 Å². The third-order valence-electron chi connectivity index (χ3n) is 6.86. The summed E-state index contributed by atoms with van der Waals surface area (Å²) in [7, 11) is 3.54. The highest BCUT2D eigenvalue weighted by Gasteiger charge is 2.46. The minimum absolute atomic E-state index is 0.121. The predicted molar refractivity (Wildman–Crippen MR) is 123 cm³/mol. The lowest BCUT2D eigenvalue weighted by molar-refractivity contribution is 0.503. The summed E-state index contributed by atoms with van der Waals surface area (Å²) in [4.78, 5) is 23.7. The Labute approximate surface area is 187 Å². The summed E-state index contributed by atoms with van der Waals surface area (Å²) in [6.45, 7) is 0. The molecule has 0 aliphatic carbocycles. The molecule has 2 aliphatic heterocycles. The molecule has 1 aromatic carbocycles. The van der Waals surface area contributed by atoms with Gasteiger partial charge in [-0.05, 0) is 25.3 Å². The van der Waals surface area contributed by atoms with Crippen LogP contribution < -0.4 is 16.2 Å². The third-order valence-corrected chi connectivity index (χ3v) is 7.69. The molecule has 0 spiro atoms. The van der Waals surface area contributed by atoms with E-state index in [1.807, 2.05) is 12.1 Å². The van der Waals surface area contributed by atoms with E-state index in [9.17, 15) is 4.79 Å². The Bertz CT molecular complexity index is 1440. The molecule has 2 saturated heterocycles. The summed E-state index contributed by atoms with van der Waals surface area (Å²) in [5, 5.41) is 6.46. The number of hydrogen-bond acceptors (Lipinski definition) is 5. The summed E-state index contributed by atoms with van der Waals surface area (Å²) >= 11 is 13.1. The van der Waals surface area contributed by atoms with Crippen molar-refractivity contribution in [1.29, 1.82) is 0 Å². The van der Waals surface area contributed by atoms with Crippen LogP contribution in [-0.2, 0) is 14.1 Å². The van der Waals surface area contributed by atoms with Gasteiger partial charge in [-0.3, -0.25) is 14.0 Å². The lowest BCUT2D eigenvalue weighted by Gasteiger charge is -2.25. The van der Waals surface area contributed by atoms with Gasteiger partial charge in [0.1, 0.15) is 10.8 Å². The number of nitrogens with two attached hydrogens (primary N) is 1. The molecule has 160 valence electrons. The molecule has 4 aromatic rings. The monoisotopic (exact) mass is 457 g/mol. The van der Waals surface area contributed by atoms with E-state index in [0.717, 1.165) is 19.3 Å². The standard InChI is InChI=1S/C21H21Cl2N7O/c1-28-20(31)15-11(10-4-5-13-16(17(10)22)18(23)29(2)27-13)8-25-19(15)26-21(28)30-9-3-6-14(30)12(24)7-9/h4-5,8-9,12,14,25H,3,6-7,24H2,1-2H3/t9-,12+,14+/m0/s1. The van der Waals surface area contributed by atoms with Crippen molar-refractivity contribution in [3.8, 4) is 11.1 Å². The Morgan fingerprint density at radius 3 is 2.68 bits per heavy atom. The Morgan fingerprint density at radius 2 is 1.97 bits per heavy atom. The molecule has 5 heterocycles. The number of benzene rings is 1. The second kappa shape index (κ2) is 6.48. The predicted octanol–water partition coefficient (Wildman–Crippen LogP) is 3.19. The van der Waals surface area contributed by atoms with E-state index in [1.165, 1.54) is 0 Å². The first-order valence-electron chi connectivity index (χ1n) is 10.3. The lowest BCUT2D eigenvalue weighted by Crippen LogP contribution is -2.40. The van der Waals surface area contributed by atoms with Gasteiger partial charge in [-0.15, -0.1) is 0 Å². The van der Waals surface area contributed by atoms with E-state index in [2.05, 4.69) is 15.0 Å². The lowest BCUT2D eigenvalue weighted by atomic mass is 9.97. The van der Waals surface area contributed by atoms with Crippen LogP contribution >= 0.6 is 23.2 Å². The Kier molecular flexibility index (Phi) is 4.00. The molecular weight excluding hydrogens is 437 g/mol. The van der Waals surface area contributed by atoms with Gasteiger partial charge in [0, 0.05) is 49.5 Å². The number of nitrogens with zero attached hydrogens (tertiary/aromatic N) is 5. The molecule has 2 bridgehead atoms. The number of aromatic amines is 1. The van der Waals surface area contributed by atoms with Gasteiger partial charge in [0.2, 0.25) is 5.95 Å². The van der Waals surface area contributed by atoms with E-state index < -0.39 is 0 Å². The molecule has 3 N–H and O–H groups in total. The molecule has 6 rings (SSSR count). The number of halogens is 2. The van der Waals surface area contributed by atoms with Crippen molar-refractivity contribution in [2.45, 2.75) is 37.4 Å². The average molecular weight is 458 g/mol. The van der Waals surface area contributed by atoms with Crippen molar-refractivity contribution in [3.05, 3.63) is 38.9 Å². The quantitative estimate of drug-likeness (QED) is 0.481. The molecule has 0 unspecified atom stereocenters. The molecule has 31 heavy (non-hydrogen) atoms. The molecule has 0 amide bonds. The number of hydrogen-bond donors (Lipinski definition) is 2. The zero-order valence-corrected chi connectivity index (χ0v) is 18.6. The van der Waals surface area contributed by atoms with Gasteiger partial charge in [0.05, 0.1) is 21.3 Å². The van der Waals surface area contributed by atoms with Gasteiger partial charge < -0.3 is 15.6 Å². The van der Waals surface area contributed by atoms with E-state index in [1.54, 1.807) is 29.5 Å². The maximum Gasteiger partial charge on any atom is 0.264 e. The zero-order chi connectivity index (χ0) is 21.6. The van der Waals surface area contributed by atoms with Crippen LogP contribution in [0, 0.1) is 0 Å². The van der Waals surface area contributed by atoms with Gasteiger partial charge in [-0.2, -0.15) is 10.1 Å². The topological polar surface area (TPSA) is 97.8 Å². The smallest absolute Gasteiger partial charge is 0.264 e. The van der Waals surface area contributed by atoms with Crippen molar-refractivity contribution in [2.75, 3.05) is 4.90 Å². The minimum Gasteiger partial charge on any atom is -0.345 e. The maximum absolute atomic E-state index is 13.5. The van der Waals surface area contributed by atoms with Crippen LogP contribution in [0.4, 0.5) is 5.95 Å². The normalized spacial score (nSPS) is 23.0. The summed E-state index contributed by atoms with van der Waals surface area (Å²) in [5.74, 6) is 0.670. The molecule has 8 nitrogen and oxygen atoms in total. The molecule has 3 atom stereocenters. The van der Waals surface area contributed by atoms with Crippen LogP contribution in [0.3, 0.4) is 0 Å².